The van der Waals surface area contributed by atoms with Gasteiger partial charge in [0.25, 0.3) is 0 Å². The molecular formula is C45H28N2OS. The third-order valence-corrected chi connectivity index (χ3v) is 10.7. The van der Waals surface area contributed by atoms with Crippen molar-refractivity contribution in [3.05, 3.63) is 170 Å². The van der Waals surface area contributed by atoms with Gasteiger partial charge in [-0.1, -0.05) is 103 Å². The first-order valence-electron chi connectivity index (χ1n) is 16.4. The molecule has 0 unspecified atom stereocenters. The van der Waals surface area contributed by atoms with Crippen molar-refractivity contribution in [1.29, 1.82) is 0 Å². The molecule has 49 heavy (non-hydrogen) atoms. The first-order chi connectivity index (χ1) is 24.3. The summed E-state index contributed by atoms with van der Waals surface area (Å²) in [6.07, 6.45) is 3.86. The predicted octanol–water partition coefficient (Wildman–Crippen LogP) is 13.3. The van der Waals surface area contributed by atoms with Crippen LogP contribution in [0.2, 0.25) is 0 Å². The molecule has 230 valence electrons. The van der Waals surface area contributed by atoms with E-state index >= 15 is 0 Å². The standard InChI is InChI=1S/C45H28N2OS/c1-2-7-29(8-3-1)30-13-18-33(19-14-30)47(35-22-23-39-43(27-35)49-42-24-17-32-25-26-46-28-40(32)44(39)42)34-20-15-31(16-21-34)36-10-6-11-38-37-9-4-5-12-41(37)48-45(36)38/h1-28H. The minimum absolute atomic E-state index is 0.910. The molecule has 0 N–H and O–H groups in total. The highest BCUT2D eigenvalue weighted by atomic mass is 32.1. The normalized spacial score (nSPS) is 11.7. The van der Waals surface area contributed by atoms with E-state index in [1.165, 1.54) is 42.1 Å². The lowest BCUT2D eigenvalue weighted by molar-refractivity contribution is 0.670. The van der Waals surface area contributed by atoms with Crippen LogP contribution < -0.4 is 4.90 Å². The summed E-state index contributed by atoms with van der Waals surface area (Å²) in [6, 6.07) is 56.3. The highest BCUT2D eigenvalue weighted by Gasteiger charge is 2.17. The number of aromatic nitrogens is 1. The van der Waals surface area contributed by atoms with Crippen molar-refractivity contribution in [3.63, 3.8) is 0 Å². The Labute approximate surface area is 286 Å². The monoisotopic (exact) mass is 644 g/mol. The fraction of sp³-hybridized carbons (Fsp3) is 0. The molecule has 0 aliphatic heterocycles. The van der Waals surface area contributed by atoms with Crippen molar-refractivity contribution in [3.8, 4) is 22.3 Å². The van der Waals surface area contributed by atoms with Crippen LogP contribution in [-0.2, 0) is 0 Å². The summed E-state index contributed by atoms with van der Waals surface area (Å²) in [6.45, 7) is 0. The number of hydrogen-bond donors (Lipinski definition) is 0. The Kier molecular flexibility index (Phi) is 6.36. The minimum Gasteiger partial charge on any atom is -0.455 e. The molecular weight excluding hydrogens is 617 g/mol. The molecule has 0 atom stereocenters. The number of furan rings is 1. The van der Waals surface area contributed by atoms with Gasteiger partial charge < -0.3 is 9.32 Å². The summed E-state index contributed by atoms with van der Waals surface area (Å²) in [5.74, 6) is 0. The van der Waals surface area contributed by atoms with E-state index in [9.17, 15) is 0 Å². The quantitative estimate of drug-likeness (QED) is 0.187. The van der Waals surface area contributed by atoms with E-state index in [2.05, 4.69) is 155 Å². The first-order valence-corrected chi connectivity index (χ1v) is 17.3. The molecule has 0 amide bonds. The van der Waals surface area contributed by atoms with E-state index in [1.807, 2.05) is 35.9 Å². The highest BCUT2D eigenvalue weighted by Crippen LogP contribution is 2.43. The molecule has 0 spiro atoms. The maximum absolute atomic E-state index is 6.38. The van der Waals surface area contributed by atoms with Crippen LogP contribution in [-0.4, -0.2) is 4.98 Å². The number of nitrogens with zero attached hydrogens (tertiary/aromatic N) is 2. The zero-order chi connectivity index (χ0) is 32.3. The molecule has 0 saturated heterocycles. The molecule has 10 rings (SSSR count). The fourth-order valence-corrected chi connectivity index (χ4v) is 8.36. The van der Waals surface area contributed by atoms with Crippen molar-refractivity contribution >= 4 is 81.3 Å². The van der Waals surface area contributed by atoms with Crippen LogP contribution >= 0.6 is 11.3 Å². The van der Waals surface area contributed by atoms with E-state index in [0.29, 0.717) is 0 Å². The van der Waals surface area contributed by atoms with Gasteiger partial charge in [-0.25, -0.2) is 0 Å². The van der Waals surface area contributed by atoms with Crippen molar-refractivity contribution in [1.82, 2.24) is 4.98 Å². The number of para-hydroxylation sites is 2. The van der Waals surface area contributed by atoms with Crippen molar-refractivity contribution < 1.29 is 4.42 Å². The van der Waals surface area contributed by atoms with Crippen LogP contribution in [0.3, 0.4) is 0 Å². The second-order valence-electron chi connectivity index (χ2n) is 12.4. The summed E-state index contributed by atoms with van der Waals surface area (Å²) in [5, 5.41) is 7.22. The number of thiophene rings is 1. The molecule has 0 saturated carbocycles. The van der Waals surface area contributed by atoms with Crippen LogP contribution in [0.1, 0.15) is 0 Å². The Morgan fingerprint density at radius 2 is 1.20 bits per heavy atom. The maximum atomic E-state index is 6.38. The highest BCUT2D eigenvalue weighted by molar-refractivity contribution is 7.26. The first kappa shape index (κ1) is 27.8. The Morgan fingerprint density at radius 1 is 0.490 bits per heavy atom. The smallest absolute Gasteiger partial charge is 0.143 e. The largest absolute Gasteiger partial charge is 0.455 e. The SMILES string of the molecule is c1ccc(-c2ccc(N(c3ccc(-c4cccc5c4oc4ccccc45)cc3)c3ccc4c(c3)sc3ccc5ccncc5c34)cc2)cc1. The van der Waals surface area contributed by atoms with E-state index in [-0.39, 0.29) is 0 Å². The summed E-state index contributed by atoms with van der Waals surface area (Å²) >= 11 is 1.84. The van der Waals surface area contributed by atoms with E-state index in [4.69, 9.17) is 4.42 Å². The second kappa shape index (κ2) is 11.2. The Morgan fingerprint density at radius 3 is 2.04 bits per heavy atom. The molecule has 4 heteroatoms. The molecule has 10 aromatic rings. The van der Waals surface area contributed by atoms with Gasteiger partial charge in [0, 0.05) is 71.4 Å². The van der Waals surface area contributed by atoms with Crippen LogP contribution in [0.25, 0.3) is 75.1 Å². The Bertz CT molecular complexity index is 2810. The lowest BCUT2D eigenvalue weighted by Crippen LogP contribution is -2.09. The number of benzene rings is 7. The van der Waals surface area contributed by atoms with E-state index in [0.717, 1.165) is 50.1 Å². The molecule has 3 heterocycles. The molecule has 7 aromatic carbocycles. The van der Waals surface area contributed by atoms with Gasteiger partial charge in [-0.3, -0.25) is 4.98 Å². The molecule has 3 aromatic heterocycles. The second-order valence-corrected chi connectivity index (χ2v) is 13.5. The number of hydrogen-bond acceptors (Lipinski definition) is 4. The zero-order valence-electron chi connectivity index (χ0n) is 26.4. The van der Waals surface area contributed by atoms with Crippen LogP contribution in [0.15, 0.2) is 175 Å². The number of rotatable bonds is 5. The lowest BCUT2D eigenvalue weighted by atomic mass is 10.0. The summed E-state index contributed by atoms with van der Waals surface area (Å²) in [5.41, 5.74) is 9.74. The Hall–Kier alpha value is -6.23. The van der Waals surface area contributed by atoms with Crippen molar-refractivity contribution in [2.75, 3.05) is 4.90 Å². The van der Waals surface area contributed by atoms with Gasteiger partial charge in [0.2, 0.25) is 0 Å². The van der Waals surface area contributed by atoms with Crippen molar-refractivity contribution in [2.24, 2.45) is 0 Å². The van der Waals surface area contributed by atoms with E-state index in [1.54, 1.807) is 0 Å². The minimum atomic E-state index is 0.910. The molecule has 0 fully saturated rings. The number of pyridine rings is 1. The van der Waals surface area contributed by atoms with Crippen LogP contribution in [0, 0.1) is 0 Å². The van der Waals surface area contributed by atoms with Gasteiger partial charge in [-0.2, -0.15) is 0 Å². The van der Waals surface area contributed by atoms with E-state index < -0.39 is 0 Å². The summed E-state index contributed by atoms with van der Waals surface area (Å²) < 4.78 is 8.91. The maximum Gasteiger partial charge on any atom is 0.143 e. The zero-order valence-corrected chi connectivity index (χ0v) is 27.2. The van der Waals surface area contributed by atoms with Gasteiger partial charge in [-0.15, -0.1) is 11.3 Å². The van der Waals surface area contributed by atoms with Crippen molar-refractivity contribution in [2.45, 2.75) is 0 Å². The van der Waals surface area contributed by atoms with Crippen LogP contribution in [0.5, 0.6) is 0 Å². The molecule has 3 nitrogen and oxygen atoms in total. The van der Waals surface area contributed by atoms with Gasteiger partial charge in [0.15, 0.2) is 0 Å². The van der Waals surface area contributed by atoms with Gasteiger partial charge >= 0.3 is 0 Å². The average Bonchev–Trinajstić information content (AvgIpc) is 3.74. The molecule has 0 aliphatic rings. The third kappa shape index (κ3) is 4.61. The topological polar surface area (TPSA) is 29.3 Å². The van der Waals surface area contributed by atoms with Gasteiger partial charge in [0.1, 0.15) is 11.2 Å². The Balaban J connectivity index is 1.11. The van der Waals surface area contributed by atoms with Crippen LogP contribution in [0.4, 0.5) is 17.1 Å². The molecule has 0 bridgehead atoms. The van der Waals surface area contributed by atoms with Gasteiger partial charge in [-0.05, 0) is 76.7 Å². The molecule has 0 radical (unpaired) electrons. The number of fused-ring (bicyclic) bond motifs is 8. The average molecular weight is 645 g/mol. The lowest BCUT2D eigenvalue weighted by Gasteiger charge is -2.26. The molecule has 0 aliphatic carbocycles. The van der Waals surface area contributed by atoms with Gasteiger partial charge in [0.05, 0.1) is 0 Å². The summed E-state index contributed by atoms with van der Waals surface area (Å²) in [7, 11) is 0. The predicted molar refractivity (Wildman–Crippen MR) is 207 cm³/mol. The summed E-state index contributed by atoms with van der Waals surface area (Å²) in [4.78, 5) is 6.80. The third-order valence-electron chi connectivity index (χ3n) is 9.57. The fourth-order valence-electron chi connectivity index (χ4n) is 7.21. The number of anilines is 3.